The molecule has 0 fully saturated rings. The van der Waals surface area contributed by atoms with E-state index in [1.165, 1.54) is 0 Å². The van der Waals surface area contributed by atoms with E-state index in [0.29, 0.717) is 5.02 Å². The zero-order valence-corrected chi connectivity index (χ0v) is 10.3. The maximum Gasteiger partial charge on any atom is 0.236 e. The number of carbonyl (C=O) groups excluding carboxylic acids is 1. The number of halogens is 1. The number of amides is 1. The van der Waals surface area contributed by atoms with Gasteiger partial charge in [-0.25, -0.2) is 0 Å². The average Bonchev–Trinajstić information content (AvgIpc) is 2.16. The standard InChI is InChI=1S/C12H17ClN2O/c1-8(15-12(16)9(2)14)6-10-4-3-5-11(13)7-10/h3-5,7-9H,6,14H2,1-2H3,(H,15,16)/t8?,9-/m1/s1. The van der Waals surface area contributed by atoms with Gasteiger partial charge in [0.15, 0.2) is 0 Å². The first-order valence-corrected chi connectivity index (χ1v) is 5.67. The fourth-order valence-corrected chi connectivity index (χ4v) is 1.66. The summed E-state index contributed by atoms with van der Waals surface area (Å²) < 4.78 is 0. The van der Waals surface area contributed by atoms with E-state index in [-0.39, 0.29) is 11.9 Å². The van der Waals surface area contributed by atoms with Crippen molar-refractivity contribution in [2.75, 3.05) is 0 Å². The number of hydrogen-bond donors (Lipinski definition) is 2. The van der Waals surface area contributed by atoms with Crippen LogP contribution in [0.25, 0.3) is 0 Å². The lowest BCUT2D eigenvalue weighted by atomic mass is 10.1. The largest absolute Gasteiger partial charge is 0.352 e. The van der Waals surface area contributed by atoms with Crippen molar-refractivity contribution in [3.63, 3.8) is 0 Å². The Bertz CT molecular complexity index is 366. The topological polar surface area (TPSA) is 55.1 Å². The number of nitrogens with one attached hydrogen (secondary N) is 1. The van der Waals surface area contributed by atoms with Crippen LogP contribution in [-0.4, -0.2) is 18.0 Å². The number of benzene rings is 1. The van der Waals surface area contributed by atoms with Crippen LogP contribution in [0, 0.1) is 0 Å². The van der Waals surface area contributed by atoms with E-state index in [9.17, 15) is 4.79 Å². The minimum absolute atomic E-state index is 0.0527. The number of nitrogens with two attached hydrogens (primary N) is 1. The smallest absolute Gasteiger partial charge is 0.236 e. The molecule has 0 heterocycles. The maximum absolute atomic E-state index is 11.3. The van der Waals surface area contributed by atoms with Crippen molar-refractivity contribution in [2.45, 2.75) is 32.4 Å². The molecule has 0 spiro atoms. The summed E-state index contributed by atoms with van der Waals surface area (Å²) in [5.74, 6) is -0.130. The molecule has 1 aromatic carbocycles. The summed E-state index contributed by atoms with van der Waals surface area (Å²) in [6.45, 7) is 3.61. The van der Waals surface area contributed by atoms with Gasteiger partial charge in [0.1, 0.15) is 0 Å². The molecular formula is C12H17ClN2O. The third kappa shape index (κ3) is 4.21. The molecule has 0 saturated heterocycles. The second-order valence-corrected chi connectivity index (χ2v) is 4.47. The fourth-order valence-electron chi connectivity index (χ4n) is 1.44. The van der Waals surface area contributed by atoms with Crippen LogP contribution in [0.1, 0.15) is 19.4 Å². The van der Waals surface area contributed by atoms with Crippen molar-refractivity contribution in [1.29, 1.82) is 0 Å². The molecule has 1 rings (SSSR count). The van der Waals surface area contributed by atoms with Crippen LogP contribution >= 0.6 is 11.6 Å². The van der Waals surface area contributed by atoms with Crippen LogP contribution in [0.2, 0.25) is 5.02 Å². The van der Waals surface area contributed by atoms with Gasteiger partial charge in [0.05, 0.1) is 6.04 Å². The Balaban J connectivity index is 2.51. The van der Waals surface area contributed by atoms with E-state index in [2.05, 4.69) is 5.32 Å². The van der Waals surface area contributed by atoms with Crippen molar-refractivity contribution in [2.24, 2.45) is 5.73 Å². The molecule has 3 N–H and O–H groups in total. The first-order chi connectivity index (χ1) is 7.49. The molecule has 1 amide bonds. The van der Waals surface area contributed by atoms with E-state index in [1.54, 1.807) is 6.92 Å². The van der Waals surface area contributed by atoms with Gasteiger partial charge in [-0.3, -0.25) is 4.79 Å². The van der Waals surface area contributed by atoms with Crippen molar-refractivity contribution < 1.29 is 4.79 Å². The molecule has 1 unspecified atom stereocenters. The molecule has 0 bridgehead atoms. The van der Waals surface area contributed by atoms with Crippen LogP contribution in [0.3, 0.4) is 0 Å². The Kier molecular flexibility index (Phi) is 4.77. The van der Waals surface area contributed by atoms with Crippen molar-refractivity contribution >= 4 is 17.5 Å². The van der Waals surface area contributed by atoms with Gasteiger partial charge in [-0.1, -0.05) is 23.7 Å². The lowest BCUT2D eigenvalue weighted by Crippen LogP contribution is -2.43. The lowest BCUT2D eigenvalue weighted by Gasteiger charge is -2.15. The predicted octanol–water partition coefficient (Wildman–Crippen LogP) is 1.73. The Labute approximate surface area is 101 Å². The van der Waals surface area contributed by atoms with Crippen LogP contribution < -0.4 is 11.1 Å². The third-order valence-electron chi connectivity index (χ3n) is 2.23. The minimum atomic E-state index is -0.471. The molecular weight excluding hydrogens is 224 g/mol. The normalized spacial score (nSPS) is 14.2. The van der Waals surface area contributed by atoms with Gasteiger partial charge in [-0.15, -0.1) is 0 Å². The van der Waals surface area contributed by atoms with E-state index in [1.807, 2.05) is 31.2 Å². The SMILES string of the molecule is CC(Cc1cccc(Cl)c1)NC(=O)[C@@H](C)N. The second kappa shape index (κ2) is 5.87. The lowest BCUT2D eigenvalue weighted by molar-refractivity contribution is -0.122. The average molecular weight is 241 g/mol. The van der Waals surface area contributed by atoms with Crippen molar-refractivity contribution in [3.8, 4) is 0 Å². The Hall–Kier alpha value is -1.06. The number of hydrogen-bond acceptors (Lipinski definition) is 2. The highest BCUT2D eigenvalue weighted by atomic mass is 35.5. The van der Waals surface area contributed by atoms with Crippen LogP contribution in [0.5, 0.6) is 0 Å². The first kappa shape index (κ1) is 13.0. The zero-order valence-electron chi connectivity index (χ0n) is 9.53. The quantitative estimate of drug-likeness (QED) is 0.842. The summed E-state index contributed by atoms with van der Waals surface area (Å²) in [4.78, 5) is 11.3. The number of carbonyl (C=O) groups is 1. The number of rotatable bonds is 4. The molecule has 0 aromatic heterocycles. The van der Waals surface area contributed by atoms with Crippen LogP contribution in [0.15, 0.2) is 24.3 Å². The zero-order chi connectivity index (χ0) is 12.1. The highest BCUT2D eigenvalue weighted by molar-refractivity contribution is 6.30. The molecule has 0 aliphatic rings. The monoisotopic (exact) mass is 240 g/mol. The van der Waals surface area contributed by atoms with Crippen molar-refractivity contribution in [3.05, 3.63) is 34.9 Å². The third-order valence-corrected chi connectivity index (χ3v) is 2.47. The van der Waals surface area contributed by atoms with Gasteiger partial charge in [0.2, 0.25) is 5.91 Å². The summed E-state index contributed by atoms with van der Waals surface area (Å²) in [5, 5.41) is 3.55. The molecule has 0 aliphatic carbocycles. The fraction of sp³-hybridized carbons (Fsp3) is 0.417. The summed E-state index contributed by atoms with van der Waals surface area (Å²) in [7, 11) is 0. The van der Waals surface area contributed by atoms with Crippen LogP contribution in [0.4, 0.5) is 0 Å². The molecule has 16 heavy (non-hydrogen) atoms. The van der Waals surface area contributed by atoms with Gasteiger partial charge >= 0.3 is 0 Å². The molecule has 88 valence electrons. The molecule has 1 aromatic rings. The highest BCUT2D eigenvalue weighted by Crippen LogP contribution is 2.12. The first-order valence-electron chi connectivity index (χ1n) is 5.29. The van der Waals surface area contributed by atoms with Gasteiger partial charge < -0.3 is 11.1 Å². The Morgan fingerprint density at radius 1 is 1.50 bits per heavy atom. The summed E-state index contributed by atoms with van der Waals surface area (Å²) >= 11 is 5.88. The summed E-state index contributed by atoms with van der Waals surface area (Å²) in [5.41, 5.74) is 6.57. The van der Waals surface area contributed by atoms with Crippen molar-refractivity contribution in [1.82, 2.24) is 5.32 Å². The van der Waals surface area contributed by atoms with E-state index >= 15 is 0 Å². The van der Waals surface area contributed by atoms with E-state index in [4.69, 9.17) is 17.3 Å². The molecule has 3 nitrogen and oxygen atoms in total. The second-order valence-electron chi connectivity index (χ2n) is 4.03. The van der Waals surface area contributed by atoms with E-state index in [0.717, 1.165) is 12.0 Å². The predicted molar refractivity (Wildman–Crippen MR) is 66.4 cm³/mol. The van der Waals surface area contributed by atoms with Gasteiger partial charge in [-0.05, 0) is 38.0 Å². The highest BCUT2D eigenvalue weighted by Gasteiger charge is 2.11. The molecule has 0 radical (unpaired) electrons. The van der Waals surface area contributed by atoms with Gasteiger partial charge in [-0.2, -0.15) is 0 Å². The van der Waals surface area contributed by atoms with E-state index < -0.39 is 6.04 Å². The van der Waals surface area contributed by atoms with Gasteiger partial charge in [0.25, 0.3) is 0 Å². The summed E-state index contributed by atoms with van der Waals surface area (Å²) in [6.07, 6.45) is 0.749. The summed E-state index contributed by atoms with van der Waals surface area (Å²) in [6, 6.07) is 7.20. The maximum atomic E-state index is 11.3. The molecule has 0 saturated carbocycles. The molecule has 4 heteroatoms. The minimum Gasteiger partial charge on any atom is -0.352 e. The Morgan fingerprint density at radius 3 is 2.75 bits per heavy atom. The van der Waals surface area contributed by atoms with Crippen LogP contribution in [-0.2, 0) is 11.2 Å². The molecule has 0 aliphatic heterocycles. The molecule has 2 atom stereocenters. The van der Waals surface area contributed by atoms with Gasteiger partial charge in [0, 0.05) is 11.1 Å². The Morgan fingerprint density at radius 2 is 2.19 bits per heavy atom.